The fraction of sp³-hybridized carbons (Fsp3) is 0.333. The molecule has 1 aliphatic heterocycles. The monoisotopic (exact) mass is 318 g/mol. The molecular formula is C15H15FN4O3. The number of nitro benzene ring substituents is 1. The predicted octanol–water partition coefficient (Wildman–Crippen LogP) is 1.68. The molecule has 2 heterocycles. The van der Waals surface area contributed by atoms with Crippen LogP contribution >= 0.6 is 0 Å². The van der Waals surface area contributed by atoms with Crippen LogP contribution in [0.1, 0.15) is 22.6 Å². The van der Waals surface area contributed by atoms with Crippen molar-refractivity contribution in [1.29, 1.82) is 0 Å². The highest BCUT2D eigenvalue weighted by Crippen LogP contribution is 2.21. The number of fused-ring (bicyclic) bond motifs is 1. The van der Waals surface area contributed by atoms with Crippen LogP contribution in [0.5, 0.6) is 0 Å². The smallest absolute Gasteiger partial charge is 0.269 e. The molecule has 2 aromatic rings. The normalized spacial score (nSPS) is 14.5. The van der Waals surface area contributed by atoms with Crippen molar-refractivity contribution in [1.82, 2.24) is 14.9 Å². The Bertz CT molecular complexity index is 834. The molecule has 0 amide bonds. The van der Waals surface area contributed by atoms with Crippen molar-refractivity contribution in [3.05, 3.63) is 67.1 Å². The van der Waals surface area contributed by atoms with Crippen molar-refractivity contribution in [3.8, 4) is 0 Å². The number of aromatic amines is 1. The van der Waals surface area contributed by atoms with Gasteiger partial charge in [0.1, 0.15) is 11.6 Å². The van der Waals surface area contributed by atoms with Gasteiger partial charge in [-0.3, -0.25) is 19.8 Å². The average Bonchev–Trinajstić information content (AvgIpc) is 2.48. The SMILES string of the molecule is Cc1nc2c(c(=O)[nH]1)CCN(Cc1cc([N+](=O)[O-])ccc1F)C2. The Morgan fingerprint density at radius 1 is 1.48 bits per heavy atom. The molecule has 0 atom stereocenters. The number of hydrogen-bond donors (Lipinski definition) is 1. The molecule has 0 bridgehead atoms. The lowest BCUT2D eigenvalue weighted by atomic mass is 10.1. The van der Waals surface area contributed by atoms with Gasteiger partial charge in [0.15, 0.2) is 0 Å². The molecule has 0 aliphatic carbocycles. The van der Waals surface area contributed by atoms with E-state index in [1.807, 2.05) is 4.90 Å². The summed E-state index contributed by atoms with van der Waals surface area (Å²) >= 11 is 0. The highest BCUT2D eigenvalue weighted by molar-refractivity contribution is 5.35. The highest BCUT2D eigenvalue weighted by atomic mass is 19.1. The molecule has 1 N–H and O–H groups in total. The molecule has 3 rings (SSSR count). The molecular weight excluding hydrogens is 303 g/mol. The number of nitrogens with zero attached hydrogens (tertiary/aromatic N) is 3. The second-order valence-corrected chi connectivity index (χ2v) is 5.57. The minimum absolute atomic E-state index is 0.131. The molecule has 7 nitrogen and oxygen atoms in total. The molecule has 8 heteroatoms. The molecule has 0 saturated carbocycles. The minimum Gasteiger partial charge on any atom is -0.311 e. The van der Waals surface area contributed by atoms with Crippen molar-refractivity contribution < 1.29 is 9.31 Å². The molecule has 0 radical (unpaired) electrons. The van der Waals surface area contributed by atoms with Gasteiger partial charge in [-0.15, -0.1) is 0 Å². The van der Waals surface area contributed by atoms with Gasteiger partial charge in [-0.1, -0.05) is 0 Å². The lowest BCUT2D eigenvalue weighted by Gasteiger charge is -2.27. The maximum absolute atomic E-state index is 13.9. The molecule has 120 valence electrons. The number of nitrogens with one attached hydrogen (secondary N) is 1. The molecule has 23 heavy (non-hydrogen) atoms. The van der Waals surface area contributed by atoms with Gasteiger partial charge in [-0.25, -0.2) is 9.37 Å². The maximum Gasteiger partial charge on any atom is 0.269 e. The van der Waals surface area contributed by atoms with Gasteiger partial charge in [-0.05, 0) is 19.4 Å². The Labute approximate surface area is 130 Å². The molecule has 0 spiro atoms. The lowest BCUT2D eigenvalue weighted by molar-refractivity contribution is -0.385. The first-order valence-corrected chi connectivity index (χ1v) is 7.18. The third-order valence-electron chi connectivity index (χ3n) is 3.91. The Balaban J connectivity index is 1.84. The van der Waals surface area contributed by atoms with Crippen molar-refractivity contribution in [2.45, 2.75) is 26.4 Å². The van der Waals surface area contributed by atoms with Crippen LogP contribution in [0.4, 0.5) is 10.1 Å². The zero-order chi connectivity index (χ0) is 16.6. The summed E-state index contributed by atoms with van der Waals surface area (Å²) < 4.78 is 13.9. The molecule has 0 saturated heterocycles. The van der Waals surface area contributed by atoms with Crippen LogP contribution in [-0.4, -0.2) is 26.3 Å². The van der Waals surface area contributed by atoms with Crippen LogP contribution in [0.2, 0.25) is 0 Å². The summed E-state index contributed by atoms with van der Waals surface area (Å²) in [5.41, 5.74) is 1.34. The van der Waals surface area contributed by atoms with E-state index in [1.165, 1.54) is 6.07 Å². The summed E-state index contributed by atoms with van der Waals surface area (Å²) in [6, 6.07) is 3.51. The number of non-ortho nitro benzene ring substituents is 1. The number of halogens is 1. The van der Waals surface area contributed by atoms with Gasteiger partial charge in [-0.2, -0.15) is 0 Å². The van der Waals surface area contributed by atoms with Gasteiger partial charge >= 0.3 is 0 Å². The summed E-state index contributed by atoms with van der Waals surface area (Å²) in [4.78, 5) is 31.1. The molecule has 1 aromatic carbocycles. The van der Waals surface area contributed by atoms with E-state index in [4.69, 9.17) is 0 Å². The number of aromatic nitrogens is 2. The Morgan fingerprint density at radius 2 is 2.26 bits per heavy atom. The summed E-state index contributed by atoms with van der Waals surface area (Å²) in [6.45, 7) is 2.94. The third kappa shape index (κ3) is 3.11. The highest BCUT2D eigenvalue weighted by Gasteiger charge is 2.22. The largest absolute Gasteiger partial charge is 0.311 e. The van der Waals surface area contributed by atoms with Crippen LogP contribution in [-0.2, 0) is 19.5 Å². The zero-order valence-corrected chi connectivity index (χ0v) is 12.5. The standard InChI is InChI=1S/C15H15FN4O3/c1-9-17-14-8-19(5-4-12(14)15(21)18-9)7-10-6-11(20(22)23)2-3-13(10)16/h2-3,6H,4-5,7-8H2,1H3,(H,17,18,21). The zero-order valence-electron chi connectivity index (χ0n) is 12.5. The van der Waals surface area contributed by atoms with Crippen LogP contribution in [0.15, 0.2) is 23.0 Å². The Hall–Kier alpha value is -2.61. The summed E-state index contributed by atoms with van der Waals surface area (Å²) in [5, 5.41) is 10.8. The van der Waals surface area contributed by atoms with Crippen LogP contribution < -0.4 is 5.56 Å². The minimum atomic E-state index is -0.543. The number of aryl methyl sites for hydroxylation is 1. The third-order valence-corrected chi connectivity index (χ3v) is 3.91. The van der Waals surface area contributed by atoms with E-state index in [9.17, 15) is 19.3 Å². The van der Waals surface area contributed by atoms with E-state index in [1.54, 1.807) is 6.92 Å². The first-order chi connectivity index (χ1) is 10.9. The number of rotatable bonds is 3. The second kappa shape index (κ2) is 5.88. The topological polar surface area (TPSA) is 92.1 Å². The molecule has 0 fully saturated rings. The Morgan fingerprint density at radius 3 is 3.00 bits per heavy atom. The van der Waals surface area contributed by atoms with E-state index in [2.05, 4.69) is 9.97 Å². The van der Waals surface area contributed by atoms with E-state index in [-0.39, 0.29) is 23.4 Å². The van der Waals surface area contributed by atoms with Gasteiger partial charge in [0.05, 0.1) is 10.6 Å². The van der Waals surface area contributed by atoms with Crippen molar-refractivity contribution in [2.75, 3.05) is 6.54 Å². The van der Waals surface area contributed by atoms with Crippen LogP contribution in [0, 0.1) is 22.9 Å². The fourth-order valence-electron chi connectivity index (χ4n) is 2.79. The van der Waals surface area contributed by atoms with Gasteiger partial charge < -0.3 is 4.98 Å². The number of hydrogen-bond acceptors (Lipinski definition) is 5. The first-order valence-electron chi connectivity index (χ1n) is 7.18. The van der Waals surface area contributed by atoms with Gasteiger partial charge in [0.25, 0.3) is 11.2 Å². The predicted molar refractivity (Wildman–Crippen MR) is 80.5 cm³/mol. The van der Waals surface area contributed by atoms with Crippen molar-refractivity contribution >= 4 is 5.69 Å². The number of nitro groups is 1. The van der Waals surface area contributed by atoms with Gasteiger partial charge in [0, 0.05) is 42.9 Å². The summed E-state index contributed by atoms with van der Waals surface area (Å²) in [7, 11) is 0. The number of benzene rings is 1. The van der Waals surface area contributed by atoms with E-state index >= 15 is 0 Å². The molecule has 1 aromatic heterocycles. The average molecular weight is 318 g/mol. The number of H-pyrrole nitrogens is 1. The van der Waals surface area contributed by atoms with E-state index in [0.717, 1.165) is 12.1 Å². The van der Waals surface area contributed by atoms with E-state index < -0.39 is 10.7 Å². The quantitative estimate of drug-likeness (QED) is 0.686. The second-order valence-electron chi connectivity index (χ2n) is 5.57. The summed E-state index contributed by atoms with van der Waals surface area (Å²) in [5.74, 6) is 0.0635. The summed E-state index contributed by atoms with van der Waals surface area (Å²) in [6.07, 6.45) is 0.522. The van der Waals surface area contributed by atoms with E-state index in [0.29, 0.717) is 36.6 Å². The van der Waals surface area contributed by atoms with Crippen LogP contribution in [0.3, 0.4) is 0 Å². The lowest BCUT2D eigenvalue weighted by Crippen LogP contribution is -2.35. The van der Waals surface area contributed by atoms with Crippen molar-refractivity contribution in [3.63, 3.8) is 0 Å². The molecule has 1 aliphatic rings. The van der Waals surface area contributed by atoms with Crippen LogP contribution in [0.25, 0.3) is 0 Å². The molecule has 0 unspecified atom stereocenters. The first kappa shape index (κ1) is 15.3. The fourth-order valence-corrected chi connectivity index (χ4v) is 2.79. The Kier molecular flexibility index (Phi) is 3.91. The van der Waals surface area contributed by atoms with Gasteiger partial charge in [0.2, 0.25) is 0 Å². The van der Waals surface area contributed by atoms with Crippen molar-refractivity contribution in [2.24, 2.45) is 0 Å². The maximum atomic E-state index is 13.9.